The number of hydrogen-bond acceptors (Lipinski definition) is 3. The molecule has 1 aliphatic carbocycles. The van der Waals surface area contributed by atoms with Gasteiger partial charge in [0, 0.05) is 17.0 Å². The van der Waals surface area contributed by atoms with E-state index in [2.05, 4.69) is 16.5 Å². The molecule has 0 fully saturated rings. The highest BCUT2D eigenvalue weighted by Crippen LogP contribution is 2.36. The Bertz CT molecular complexity index is 489. The monoisotopic (exact) mass is 255 g/mol. The summed E-state index contributed by atoms with van der Waals surface area (Å²) >= 11 is 1.85. The quantitative estimate of drug-likeness (QED) is 0.893. The number of nitrogens with zero attached hydrogens (tertiary/aromatic N) is 2. The van der Waals surface area contributed by atoms with E-state index in [0.717, 1.165) is 19.4 Å². The van der Waals surface area contributed by atoms with Gasteiger partial charge in [-0.05, 0) is 29.9 Å². The van der Waals surface area contributed by atoms with E-state index in [1.165, 1.54) is 21.7 Å². The van der Waals surface area contributed by atoms with Gasteiger partial charge in [-0.3, -0.25) is 4.68 Å². The Morgan fingerprint density at radius 1 is 1.44 bits per heavy atom. The second-order valence-corrected chi connectivity index (χ2v) is 4.79. The van der Waals surface area contributed by atoms with Crippen molar-refractivity contribution >= 4 is 23.7 Å². The van der Waals surface area contributed by atoms with Crippen molar-refractivity contribution in [3.63, 3.8) is 0 Å². The van der Waals surface area contributed by atoms with E-state index >= 15 is 0 Å². The molecule has 3 rings (SSSR count). The first-order chi connectivity index (χ1) is 7.40. The number of hydrogen-bond donors (Lipinski definition) is 1. The number of halogens is 1. The van der Waals surface area contributed by atoms with E-state index in [4.69, 9.17) is 5.73 Å². The van der Waals surface area contributed by atoms with Crippen molar-refractivity contribution < 1.29 is 0 Å². The summed E-state index contributed by atoms with van der Waals surface area (Å²) < 4.78 is 2.04. The normalized spacial score (nSPS) is 12.8. The summed E-state index contributed by atoms with van der Waals surface area (Å²) in [5, 5.41) is 6.57. The third-order valence-electron chi connectivity index (χ3n) is 2.88. The average molecular weight is 256 g/mol. The van der Waals surface area contributed by atoms with Crippen LogP contribution in [0.25, 0.3) is 11.3 Å². The molecule has 2 aromatic rings. The summed E-state index contributed by atoms with van der Waals surface area (Å²) in [6.07, 6.45) is 4.27. The average Bonchev–Trinajstić information content (AvgIpc) is 2.83. The Hall–Kier alpha value is -0.840. The van der Waals surface area contributed by atoms with Crippen molar-refractivity contribution in [2.24, 2.45) is 5.73 Å². The summed E-state index contributed by atoms with van der Waals surface area (Å²) in [5.74, 6) is 0. The zero-order valence-electron chi connectivity index (χ0n) is 8.85. The molecule has 3 nitrogen and oxygen atoms in total. The molecule has 0 aliphatic heterocycles. The van der Waals surface area contributed by atoms with Gasteiger partial charge in [0.2, 0.25) is 0 Å². The molecule has 0 radical (unpaired) electrons. The first-order valence-corrected chi connectivity index (χ1v) is 6.09. The van der Waals surface area contributed by atoms with Crippen molar-refractivity contribution in [2.45, 2.75) is 19.4 Å². The van der Waals surface area contributed by atoms with E-state index in [1.54, 1.807) is 0 Å². The largest absolute Gasteiger partial charge is 0.329 e. The van der Waals surface area contributed by atoms with Crippen molar-refractivity contribution in [1.82, 2.24) is 9.78 Å². The predicted octanol–water partition coefficient (Wildman–Crippen LogP) is 2.09. The second kappa shape index (κ2) is 4.57. The van der Waals surface area contributed by atoms with Gasteiger partial charge in [-0.1, -0.05) is 0 Å². The first kappa shape index (κ1) is 11.6. The van der Waals surface area contributed by atoms with Crippen LogP contribution in [-0.4, -0.2) is 16.3 Å². The van der Waals surface area contributed by atoms with Gasteiger partial charge in [0.1, 0.15) is 0 Å². The number of aryl methyl sites for hydroxylation is 2. The fraction of sp³-hybridized carbons (Fsp3) is 0.364. The van der Waals surface area contributed by atoms with Crippen LogP contribution in [0.2, 0.25) is 0 Å². The van der Waals surface area contributed by atoms with Gasteiger partial charge in [-0.15, -0.1) is 23.7 Å². The lowest BCUT2D eigenvalue weighted by molar-refractivity contribution is 0.630. The summed E-state index contributed by atoms with van der Waals surface area (Å²) in [6, 6.07) is 2.20. The fourth-order valence-electron chi connectivity index (χ4n) is 2.20. The second-order valence-electron chi connectivity index (χ2n) is 3.79. The smallest absolute Gasteiger partial charge is 0.0726 e. The molecule has 86 valence electrons. The number of thiophene rings is 1. The molecule has 0 spiro atoms. The number of aromatic nitrogens is 2. The van der Waals surface area contributed by atoms with Crippen molar-refractivity contribution in [3.05, 3.63) is 28.1 Å². The molecular weight excluding hydrogens is 242 g/mol. The molecule has 1 aliphatic rings. The summed E-state index contributed by atoms with van der Waals surface area (Å²) in [4.78, 5) is 1.49. The molecule has 5 heteroatoms. The van der Waals surface area contributed by atoms with Gasteiger partial charge in [0.25, 0.3) is 0 Å². The maximum absolute atomic E-state index is 5.59. The van der Waals surface area contributed by atoms with Crippen molar-refractivity contribution in [3.8, 4) is 11.3 Å². The van der Waals surface area contributed by atoms with Crippen molar-refractivity contribution in [2.75, 3.05) is 6.54 Å². The van der Waals surface area contributed by atoms with Crippen LogP contribution < -0.4 is 5.73 Å². The summed E-state index contributed by atoms with van der Waals surface area (Å²) in [7, 11) is 0. The molecule has 0 unspecified atom stereocenters. The van der Waals surface area contributed by atoms with Crippen LogP contribution in [0, 0.1) is 0 Å². The Labute approximate surface area is 105 Å². The molecule has 0 saturated carbocycles. The zero-order valence-corrected chi connectivity index (χ0v) is 10.5. The van der Waals surface area contributed by atoms with Crippen LogP contribution in [-0.2, 0) is 19.4 Å². The highest BCUT2D eigenvalue weighted by molar-refractivity contribution is 7.10. The molecule has 2 heterocycles. The molecule has 0 aromatic carbocycles. The van der Waals surface area contributed by atoms with Gasteiger partial charge >= 0.3 is 0 Å². The maximum Gasteiger partial charge on any atom is 0.0726 e. The highest BCUT2D eigenvalue weighted by atomic mass is 35.5. The third kappa shape index (κ3) is 1.67. The van der Waals surface area contributed by atoms with Crippen LogP contribution in [0.5, 0.6) is 0 Å². The van der Waals surface area contributed by atoms with Crippen LogP contribution in [0.3, 0.4) is 0 Å². The van der Waals surface area contributed by atoms with E-state index in [9.17, 15) is 0 Å². The molecule has 0 amide bonds. The van der Waals surface area contributed by atoms with Crippen LogP contribution in [0.15, 0.2) is 17.6 Å². The third-order valence-corrected chi connectivity index (χ3v) is 3.86. The van der Waals surface area contributed by atoms with E-state index in [0.29, 0.717) is 6.54 Å². The molecule has 2 N–H and O–H groups in total. The summed E-state index contributed by atoms with van der Waals surface area (Å²) in [5.41, 5.74) is 9.62. The maximum atomic E-state index is 5.59. The van der Waals surface area contributed by atoms with Crippen LogP contribution in [0.1, 0.15) is 10.4 Å². The minimum Gasteiger partial charge on any atom is -0.329 e. The van der Waals surface area contributed by atoms with Gasteiger partial charge in [0.05, 0.1) is 18.4 Å². The van der Waals surface area contributed by atoms with Gasteiger partial charge in [-0.2, -0.15) is 5.10 Å². The summed E-state index contributed by atoms with van der Waals surface area (Å²) in [6.45, 7) is 1.46. The lowest BCUT2D eigenvalue weighted by Gasteiger charge is -2.14. The minimum atomic E-state index is 0. The van der Waals surface area contributed by atoms with Crippen molar-refractivity contribution in [1.29, 1.82) is 0 Å². The molecule has 2 aromatic heterocycles. The Kier molecular flexibility index (Phi) is 3.33. The molecule has 0 atom stereocenters. The minimum absolute atomic E-state index is 0. The van der Waals surface area contributed by atoms with E-state index in [-0.39, 0.29) is 12.4 Å². The zero-order chi connectivity index (χ0) is 10.3. The molecule has 0 bridgehead atoms. The Morgan fingerprint density at radius 3 is 3.12 bits per heavy atom. The van der Waals surface area contributed by atoms with Gasteiger partial charge < -0.3 is 5.73 Å². The van der Waals surface area contributed by atoms with Crippen LogP contribution in [0.4, 0.5) is 0 Å². The number of nitrogens with two attached hydrogens (primary N) is 1. The molecule has 0 saturated heterocycles. The number of rotatable bonds is 2. The SMILES string of the molecule is Cl.NCCn1ncc2c1-c1ccsc1CC2. The van der Waals surface area contributed by atoms with E-state index < -0.39 is 0 Å². The highest BCUT2D eigenvalue weighted by Gasteiger charge is 2.21. The van der Waals surface area contributed by atoms with E-state index in [1.807, 2.05) is 22.2 Å². The van der Waals surface area contributed by atoms with Crippen LogP contribution >= 0.6 is 23.7 Å². The first-order valence-electron chi connectivity index (χ1n) is 5.21. The van der Waals surface area contributed by atoms with Gasteiger partial charge in [-0.25, -0.2) is 0 Å². The molecule has 16 heavy (non-hydrogen) atoms. The fourth-order valence-corrected chi connectivity index (χ4v) is 3.08. The number of fused-ring (bicyclic) bond motifs is 3. The Balaban J connectivity index is 0.000000963. The topological polar surface area (TPSA) is 43.8 Å². The Morgan fingerprint density at radius 2 is 2.31 bits per heavy atom. The lowest BCUT2D eigenvalue weighted by Crippen LogP contribution is -2.13. The standard InChI is InChI=1S/C11H13N3S.ClH/c12-4-5-14-11-8(7-13-14)1-2-10-9(11)3-6-15-10;/h3,6-7H,1-2,4-5,12H2;1H. The van der Waals surface area contributed by atoms with Gasteiger partial charge in [0.15, 0.2) is 0 Å². The lowest BCUT2D eigenvalue weighted by atomic mass is 9.97. The predicted molar refractivity (Wildman–Crippen MR) is 69.3 cm³/mol. The molecular formula is C11H14ClN3S.